The van der Waals surface area contributed by atoms with Crippen LogP contribution in [-0.2, 0) is 11.3 Å². The first-order valence-electron chi connectivity index (χ1n) is 7.60. The van der Waals surface area contributed by atoms with Crippen molar-refractivity contribution in [3.05, 3.63) is 29.8 Å². The number of piperidine rings is 1. The first-order chi connectivity index (χ1) is 10.2. The van der Waals surface area contributed by atoms with Crippen molar-refractivity contribution < 1.29 is 9.53 Å². The monoisotopic (exact) mass is 291 g/mol. The zero-order valence-corrected chi connectivity index (χ0v) is 12.5. The number of primary amides is 1. The van der Waals surface area contributed by atoms with Gasteiger partial charge in [0.2, 0.25) is 5.91 Å². The third-order valence-corrected chi connectivity index (χ3v) is 4.01. The minimum Gasteiger partial charge on any atom is -0.492 e. The lowest BCUT2D eigenvalue weighted by Gasteiger charge is -2.31. The number of benzene rings is 1. The number of hydrogen-bond donors (Lipinski definition) is 2. The van der Waals surface area contributed by atoms with Gasteiger partial charge < -0.3 is 16.2 Å². The summed E-state index contributed by atoms with van der Waals surface area (Å²) in [5, 5.41) is 0. The zero-order valence-electron chi connectivity index (χ0n) is 12.5. The van der Waals surface area contributed by atoms with E-state index in [9.17, 15) is 4.79 Å². The highest BCUT2D eigenvalue weighted by atomic mass is 16.5. The Kier molecular flexibility index (Phi) is 6.02. The van der Waals surface area contributed by atoms with Crippen molar-refractivity contribution in [1.82, 2.24) is 4.90 Å². The van der Waals surface area contributed by atoms with E-state index in [4.69, 9.17) is 16.2 Å². The number of nitrogens with zero attached hydrogens (tertiary/aromatic N) is 1. The molecule has 1 amide bonds. The van der Waals surface area contributed by atoms with Crippen LogP contribution in [0.4, 0.5) is 0 Å². The molecule has 116 valence electrons. The van der Waals surface area contributed by atoms with Gasteiger partial charge in [0, 0.05) is 19.5 Å². The quantitative estimate of drug-likeness (QED) is 0.788. The maximum Gasteiger partial charge on any atom is 0.217 e. The summed E-state index contributed by atoms with van der Waals surface area (Å²) in [4.78, 5) is 13.3. The molecule has 5 nitrogen and oxygen atoms in total. The zero-order chi connectivity index (χ0) is 15.1. The average Bonchev–Trinajstić information content (AvgIpc) is 2.49. The highest BCUT2D eigenvalue weighted by Gasteiger charge is 2.20. The number of nitrogens with two attached hydrogens (primary N) is 2. The topological polar surface area (TPSA) is 81.6 Å². The third kappa shape index (κ3) is 5.36. The average molecular weight is 291 g/mol. The SMILES string of the molecule is NCc1cccc(OCCN2CCC(CC(N)=O)CC2)c1. The fraction of sp³-hybridized carbons (Fsp3) is 0.562. The summed E-state index contributed by atoms with van der Waals surface area (Å²) in [5.41, 5.74) is 11.9. The fourth-order valence-electron chi connectivity index (χ4n) is 2.75. The predicted molar refractivity (Wildman–Crippen MR) is 82.8 cm³/mol. The van der Waals surface area contributed by atoms with E-state index in [1.807, 2.05) is 24.3 Å². The van der Waals surface area contributed by atoms with E-state index in [-0.39, 0.29) is 5.91 Å². The van der Waals surface area contributed by atoms with Crippen molar-refractivity contribution in [2.45, 2.75) is 25.8 Å². The van der Waals surface area contributed by atoms with Gasteiger partial charge in [-0.15, -0.1) is 0 Å². The Labute approximate surface area is 126 Å². The first kappa shape index (κ1) is 15.8. The largest absolute Gasteiger partial charge is 0.492 e. The molecule has 4 N–H and O–H groups in total. The highest BCUT2D eigenvalue weighted by molar-refractivity contribution is 5.73. The van der Waals surface area contributed by atoms with Gasteiger partial charge in [-0.2, -0.15) is 0 Å². The number of carbonyl (C=O) groups excluding carboxylic acids is 1. The van der Waals surface area contributed by atoms with Crippen molar-refractivity contribution in [3.63, 3.8) is 0 Å². The van der Waals surface area contributed by atoms with Gasteiger partial charge in [0.05, 0.1) is 0 Å². The van der Waals surface area contributed by atoms with E-state index < -0.39 is 0 Å². The molecule has 2 rings (SSSR count). The van der Waals surface area contributed by atoms with Crippen molar-refractivity contribution >= 4 is 5.91 Å². The van der Waals surface area contributed by atoms with Gasteiger partial charge in [-0.05, 0) is 49.5 Å². The van der Waals surface area contributed by atoms with Crippen LogP contribution in [0.15, 0.2) is 24.3 Å². The molecule has 0 unspecified atom stereocenters. The second-order valence-corrected chi connectivity index (χ2v) is 5.66. The predicted octanol–water partition coefficient (Wildman–Crippen LogP) is 1.11. The summed E-state index contributed by atoms with van der Waals surface area (Å²) in [5.74, 6) is 1.15. The summed E-state index contributed by atoms with van der Waals surface area (Å²) in [7, 11) is 0. The lowest BCUT2D eigenvalue weighted by atomic mass is 9.93. The van der Waals surface area contributed by atoms with Crippen LogP contribution in [0.3, 0.4) is 0 Å². The Morgan fingerprint density at radius 3 is 2.76 bits per heavy atom. The minimum atomic E-state index is -0.184. The minimum absolute atomic E-state index is 0.184. The maximum absolute atomic E-state index is 10.9. The summed E-state index contributed by atoms with van der Waals surface area (Å²) >= 11 is 0. The molecule has 0 radical (unpaired) electrons. The van der Waals surface area contributed by atoms with Crippen LogP contribution >= 0.6 is 0 Å². The van der Waals surface area contributed by atoms with Crippen LogP contribution in [0.1, 0.15) is 24.8 Å². The van der Waals surface area contributed by atoms with E-state index in [0.717, 1.165) is 43.8 Å². The molecular weight excluding hydrogens is 266 g/mol. The molecule has 1 aromatic rings. The molecule has 0 atom stereocenters. The first-order valence-corrected chi connectivity index (χ1v) is 7.60. The molecule has 1 aromatic carbocycles. The van der Waals surface area contributed by atoms with Crippen molar-refractivity contribution in [2.24, 2.45) is 17.4 Å². The van der Waals surface area contributed by atoms with Gasteiger partial charge >= 0.3 is 0 Å². The van der Waals surface area contributed by atoms with Crippen LogP contribution < -0.4 is 16.2 Å². The van der Waals surface area contributed by atoms with Gasteiger partial charge in [0.1, 0.15) is 12.4 Å². The Morgan fingerprint density at radius 1 is 1.33 bits per heavy atom. The van der Waals surface area contributed by atoms with E-state index in [1.54, 1.807) is 0 Å². The second-order valence-electron chi connectivity index (χ2n) is 5.66. The van der Waals surface area contributed by atoms with Crippen molar-refractivity contribution in [2.75, 3.05) is 26.2 Å². The Balaban J connectivity index is 1.66. The van der Waals surface area contributed by atoms with Crippen molar-refractivity contribution in [1.29, 1.82) is 0 Å². The second kappa shape index (κ2) is 8.00. The van der Waals surface area contributed by atoms with Gasteiger partial charge in [0.25, 0.3) is 0 Å². The molecule has 1 aliphatic heterocycles. The molecule has 5 heteroatoms. The number of hydrogen-bond acceptors (Lipinski definition) is 4. The standard InChI is InChI=1S/C16H25N3O2/c17-12-14-2-1-3-15(10-14)21-9-8-19-6-4-13(5-7-19)11-16(18)20/h1-3,10,13H,4-9,11-12,17H2,(H2,18,20). The van der Waals surface area contributed by atoms with E-state index in [0.29, 0.717) is 25.5 Å². The lowest BCUT2D eigenvalue weighted by molar-refractivity contribution is -0.119. The molecule has 0 aliphatic carbocycles. The van der Waals surface area contributed by atoms with Gasteiger partial charge in [-0.3, -0.25) is 9.69 Å². The van der Waals surface area contributed by atoms with Gasteiger partial charge in [-0.1, -0.05) is 12.1 Å². The fourth-order valence-corrected chi connectivity index (χ4v) is 2.75. The highest BCUT2D eigenvalue weighted by Crippen LogP contribution is 2.20. The van der Waals surface area contributed by atoms with Gasteiger partial charge in [-0.25, -0.2) is 0 Å². The third-order valence-electron chi connectivity index (χ3n) is 4.01. The number of ether oxygens (including phenoxy) is 1. The normalized spacial score (nSPS) is 16.8. The van der Waals surface area contributed by atoms with Crippen LogP contribution in [0.5, 0.6) is 5.75 Å². The molecule has 1 fully saturated rings. The molecular formula is C16H25N3O2. The Hall–Kier alpha value is -1.59. The van der Waals surface area contributed by atoms with E-state index >= 15 is 0 Å². The molecule has 21 heavy (non-hydrogen) atoms. The molecule has 1 saturated heterocycles. The molecule has 0 spiro atoms. The molecule has 0 saturated carbocycles. The molecule has 0 aromatic heterocycles. The van der Waals surface area contributed by atoms with Gasteiger partial charge in [0.15, 0.2) is 0 Å². The summed E-state index contributed by atoms with van der Waals surface area (Å²) in [6.45, 7) is 4.16. The number of amides is 1. The summed E-state index contributed by atoms with van der Waals surface area (Å²) in [6.07, 6.45) is 2.62. The van der Waals surface area contributed by atoms with Crippen LogP contribution in [-0.4, -0.2) is 37.0 Å². The summed E-state index contributed by atoms with van der Waals surface area (Å²) in [6, 6.07) is 7.90. The van der Waals surface area contributed by atoms with E-state index in [2.05, 4.69) is 4.90 Å². The molecule has 0 bridgehead atoms. The van der Waals surface area contributed by atoms with Crippen LogP contribution in [0.2, 0.25) is 0 Å². The maximum atomic E-state index is 10.9. The molecule has 1 aliphatic rings. The number of carbonyl (C=O) groups is 1. The lowest BCUT2D eigenvalue weighted by Crippen LogP contribution is -2.37. The number of likely N-dealkylation sites (tertiary alicyclic amines) is 1. The van der Waals surface area contributed by atoms with E-state index in [1.165, 1.54) is 0 Å². The summed E-state index contributed by atoms with van der Waals surface area (Å²) < 4.78 is 5.77. The van der Waals surface area contributed by atoms with Crippen LogP contribution in [0.25, 0.3) is 0 Å². The van der Waals surface area contributed by atoms with Crippen LogP contribution in [0, 0.1) is 5.92 Å². The smallest absolute Gasteiger partial charge is 0.217 e. The Bertz CT molecular complexity index is 457. The Morgan fingerprint density at radius 2 is 2.10 bits per heavy atom. The molecule has 1 heterocycles. The number of rotatable bonds is 7. The van der Waals surface area contributed by atoms with Crippen molar-refractivity contribution in [3.8, 4) is 5.75 Å².